The van der Waals surface area contributed by atoms with Gasteiger partial charge < -0.3 is 0 Å². The highest BCUT2D eigenvalue weighted by molar-refractivity contribution is 9.11. The Kier molecular flexibility index (Phi) is 4.18. The van der Waals surface area contributed by atoms with E-state index in [1.54, 1.807) is 22.7 Å². The summed E-state index contributed by atoms with van der Waals surface area (Å²) in [7, 11) is 0. The van der Waals surface area contributed by atoms with Crippen molar-refractivity contribution in [1.82, 2.24) is 10.4 Å². The molecule has 0 saturated carbocycles. The van der Waals surface area contributed by atoms with Crippen LogP contribution in [0.15, 0.2) is 34.1 Å². The van der Waals surface area contributed by atoms with Crippen molar-refractivity contribution in [1.29, 1.82) is 0 Å². The molecule has 3 N–H and O–H groups in total. The van der Waals surface area contributed by atoms with Crippen molar-refractivity contribution in [2.45, 2.75) is 19.4 Å². The fraction of sp³-hybridized carbons (Fsp3) is 0.214. The van der Waals surface area contributed by atoms with Gasteiger partial charge in [0.15, 0.2) is 0 Å². The number of thiazole rings is 1. The first-order chi connectivity index (χ1) is 9.67. The number of aromatic nitrogens is 1. The molecule has 0 aliphatic rings. The molecule has 0 fully saturated rings. The van der Waals surface area contributed by atoms with Gasteiger partial charge in [0.25, 0.3) is 0 Å². The molecule has 20 heavy (non-hydrogen) atoms. The molecule has 1 atom stereocenters. The molecule has 0 amide bonds. The molecule has 0 saturated heterocycles. The lowest BCUT2D eigenvalue weighted by Gasteiger charge is -2.11. The van der Waals surface area contributed by atoms with Gasteiger partial charge in [-0.2, -0.15) is 0 Å². The molecule has 3 rings (SSSR count). The summed E-state index contributed by atoms with van der Waals surface area (Å²) in [5, 5.41) is 1.11. The van der Waals surface area contributed by atoms with Gasteiger partial charge in [-0.1, -0.05) is 12.1 Å². The highest BCUT2D eigenvalue weighted by atomic mass is 79.9. The fourth-order valence-corrected chi connectivity index (χ4v) is 4.72. The zero-order valence-corrected chi connectivity index (χ0v) is 14.1. The van der Waals surface area contributed by atoms with Crippen LogP contribution in [0.1, 0.15) is 21.5 Å². The van der Waals surface area contributed by atoms with Crippen LogP contribution in [0, 0.1) is 6.92 Å². The second-order valence-corrected chi connectivity index (χ2v) is 8.12. The lowest BCUT2D eigenvalue weighted by atomic mass is 10.1. The highest BCUT2D eigenvalue weighted by Crippen LogP contribution is 2.33. The summed E-state index contributed by atoms with van der Waals surface area (Å²) in [4.78, 5) is 5.90. The second-order valence-electron chi connectivity index (χ2n) is 4.60. The summed E-state index contributed by atoms with van der Waals surface area (Å²) < 4.78 is 2.39. The molecule has 0 aliphatic carbocycles. The van der Waals surface area contributed by atoms with Gasteiger partial charge in [0.2, 0.25) is 0 Å². The van der Waals surface area contributed by atoms with Gasteiger partial charge in [0.1, 0.15) is 0 Å². The molecule has 1 unspecified atom stereocenters. The number of thiophene rings is 1. The zero-order valence-electron chi connectivity index (χ0n) is 10.9. The van der Waals surface area contributed by atoms with Gasteiger partial charge >= 0.3 is 0 Å². The lowest BCUT2D eigenvalue weighted by molar-refractivity contribution is 0.559. The van der Waals surface area contributed by atoms with Gasteiger partial charge in [-0.25, -0.2) is 4.98 Å². The number of hydrogen-bond donors (Lipinski definition) is 2. The average Bonchev–Trinajstić information content (AvgIpc) is 2.99. The van der Waals surface area contributed by atoms with E-state index < -0.39 is 0 Å². The molecule has 0 bridgehead atoms. The van der Waals surface area contributed by atoms with E-state index in [1.807, 2.05) is 18.2 Å². The van der Waals surface area contributed by atoms with Crippen molar-refractivity contribution in [2.75, 3.05) is 0 Å². The van der Waals surface area contributed by atoms with E-state index in [0.29, 0.717) is 0 Å². The SMILES string of the molecule is Cc1cc(C(Cc2nc3ccccc3s2)NN)sc1Br. The number of fused-ring (bicyclic) bond motifs is 1. The molecule has 0 spiro atoms. The van der Waals surface area contributed by atoms with Crippen molar-refractivity contribution in [3.63, 3.8) is 0 Å². The first-order valence-electron chi connectivity index (χ1n) is 6.24. The number of nitrogens with one attached hydrogen (secondary N) is 1. The van der Waals surface area contributed by atoms with E-state index in [-0.39, 0.29) is 6.04 Å². The van der Waals surface area contributed by atoms with Crippen LogP contribution in [0.4, 0.5) is 0 Å². The van der Waals surface area contributed by atoms with Crippen molar-refractivity contribution >= 4 is 48.8 Å². The predicted octanol–water partition coefficient (Wildman–Crippen LogP) is 4.18. The Bertz CT molecular complexity index is 682. The molecule has 6 heteroatoms. The Hall–Kier alpha value is -0.790. The molecule has 3 nitrogen and oxygen atoms in total. The Morgan fingerprint density at radius 3 is 2.80 bits per heavy atom. The molecule has 0 aliphatic heterocycles. The minimum Gasteiger partial charge on any atom is -0.271 e. The summed E-state index contributed by atoms with van der Waals surface area (Å²) in [6.07, 6.45) is 0.808. The largest absolute Gasteiger partial charge is 0.271 e. The Labute approximate surface area is 133 Å². The smallest absolute Gasteiger partial charge is 0.0958 e. The van der Waals surface area contributed by atoms with E-state index >= 15 is 0 Å². The summed E-state index contributed by atoms with van der Waals surface area (Å²) >= 11 is 7.02. The molecule has 2 heterocycles. The number of hydrazine groups is 1. The second kappa shape index (κ2) is 5.91. The summed E-state index contributed by atoms with van der Waals surface area (Å²) in [6, 6.07) is 10.5. The predicted molar refractivity (Wildman–Crippen MR) is 90.1 cm³/mol. The van der Waals surface area contributed by atoms with Gasteiger partial charge in [-0.15, -0.1) is 22.7 Å². The number of halogens is 1. The normalized spacial score (nSPS) is 12.9. The Balaban J connectivity index is 1.87. The van der Waals surface area contributed by atoms with E-state index in [9.17, 15) is 0 Å². The van der Waals surface area contributed by atoms with E-state index in [1.165, 1.54) is 15.1 Å². The third-order valence-corrected chi connectivity index (χ3v) is 6.45. The first kappa shape index (κ1) is 14.2. The number of benzene rings is 1. The van der Waals surface area contributed by atoms with Gasteiger partial charge in [0.05, 0.1) is 25.1 Å². The van der Waals surface area contributed by atoms with Crippen molar-refractivity contribution < 1.29 is 0 Å². The van der Waals surface area contributed by atoms with Crippen LogP contribution in [0.3, 0.4) is 0 Å². The minimum atomic E-state index is 0.102. The molecule has 1 aromatic carbocycles. The molecule has 104 valence electrons. The van der Waals surface area contributed by atoms with Crippen molar-refractivity contribution in [2.24, 2.45) is 5.84 Å². The van der Waals surface area contributed by atoms with Crippen molar-refractivity contribution in [3.05, 3.63) is 49.6 Å². The first-order valence-corrected chi connectivity index (χ1v) is 8.66. The summed E-state index contributed by atoms with van der Waals surface area (Å²) in [6.45, 7) is 2.09. The van der Waals surface area contributed by atoms with Gasteiger partial charge in [-0.05, 0) is 46.6 Å². The van der Waals surface area contributed by atoms with Gasteiger partial charge in [0, 0.05) is 11.3 Å². The maximum atomic E-state index is 5.72. The minimum absolute atomic E-state index is 0.102. The van der Waals surface area contributed by atoms with Crippen molar-refractivity contribution in [3.8, 4) is 0 Å². The van der Waals surface area contributed by atoms with E-state index in [2.05, 4.69) is 45.4 Å². The molecular weight excluding hydrogens is 354 g/mol. The number of rotatable bonds is 4. The maximum Gasteiger partial charge on any atom is 0.0958 e. The van der Waals surface area contributed by atoms with Crippen LogP contribution in [0.5, 0.6) is 0 Å². The molecule has 0 radical (unpaired) electrons. The van der Waals surface area contributed by atoms with Crippen LogP contribution in [0.2, 0.25) is 0 Å². The Morgan fingerprint density at radius 2 is 2.15 bits per heavy atom. The van der Waals surface area contributed by atoms with Crippen LogP contribution >= 0.6 is 38.6 Å². The lowest BCUT2D eigenvalue weighted by Crippen LogP contribution is -2.28. The van der Waals surface area contributed by atoms with E-state index in [0.717, 1.165) is 20.7 Å². The number of aryl methyl sites for hydroxylation is 1. The third kappa shape index (κ3) is 2.80. The number of hydrogen-bond acceptors (Lipinski definition) is 5. The van der Waals surface area contributed by atoms with E-state index in [4.69, 9.17) is 5.84 Å². The van der Waals surface area contributed by atoms with Crippen LogP contribution in [0.25, 0.3) is 10.2 Å². The van der Waals surface area contributed by atoms with Gasteiger partial charge in [-0.3, -0.25) is 11.3 Å². The van der Waals surface area contributed by atoms with Crippen LogP contribution in [-0.2, 0) is 6.42 Å². The third-order valence-electron chi connectivity index (χ3n) is 3.14. The maximum absolute atomic E-state index is 5.72. The molecule has 3 aromatic rings. The molecule has 2 aromatic heterocycles. The quantitative estimate of drug-likeness (QED) is 0.537. The van der Waals surface area contributed by atoms with Crippen LogP contribution in [-0.4, -0.2) is 4.98 Å². The monoisotopic (exact) mass is 367 g/mol. The summed E-state index contributed by atoms with van der Waals surface area (Å²) in [5.41, 5.74) is 5.21. The fourth-order valence-electron chi connectivity index (χ4n) is 2.08. The molecular formula is C14H14BrN3S2. The number of nitrogens with zero attached hydrogens (tertiary/aromatic N) is 1. The zero-order chi connectivity index (χ0) is 14.1. The summed E-state index contributed by atoms with van der Waals surface area (Å²) in [5.74, 6) is 5.72. The number of nitrogens with two attached hydrogens (primary N) is 1. The highest BCUT2D eigenvalue weighted by Gasteiger charge is 2.16. The van der Waals surface area contributed by atoms with Crippen LogP contribution < -0.4 is 11.3 Å². The average molecular weight is 368 g/mol. The topological polar surface area (TPSA) is 50.9 Å². The number of para-hydroxylation sites is 1. The standard InChI is InChI=1S/C14H14BrN3S2/c1-8-6-12(20-14(8)15)10(18-16)7-13-17-9-4-2-3-5-11(9)19-13/h2-6,10,18H,7,16H2,1H3. The Morgan fingerprint density at radius 1 is 1.35 bits per heavy atom.